The van der Waals surface area contributed by atoms with Gasteiger partial charge in [-0.15, -0.1) is 0 Å². The predicted octanol–water partition coefficient (Wildman–Crippen LogP) is 6.21. The Hall–Kier alpha value is -2.44. The number of amides is 2. The highest BCUT2D eigenvalue weighted by atomic mass is 19.3. The van der Waals surface area contributed by atoms with Crippen LogP contribution < -0.4 is 10.1 Å². The maximum Gasteiger partial charge on any atom is 0.322 e. The molecule has 1 aliphatic heterocycles. The molecular formula is C28H38F2N2O3. The lowest BCUT2D eigenvalue weighted by molar-refractivity contribution is -0.114. The number of ether oxygens (including phenoxy) is 1. The van der Waals surface area contributed by atoms with Gasteiger partial charge in [0, 0.05) is 31.0 Å². The number of rotatable bonds is 8. The summed E-state index contributed by atoms with van der Waals surface area (Å²) in [7, 11) is 1.66. The van der Waals surface area contributed by atoms with Crippen molar-refractivity contribution in [3.8, 4) is 5.75 Å². The fraction of sp³-hybridized carbons (Fsp3) is 0.643. The van der Waals surface area contributed by atoms with E-state index in [0.717, 1.165) is 54.4 Å². The summed E-state index contributed by atoms with van der Waals surface area (Å²) in [5.41, 5.74) is 2.32. The van der Waals surface area contributed by atoms with Crippen LogP contribution >= 0.6 is 0 Å². The lowest BCUT2D eigenvalue weighted by atomic mass is 9.65. The molecule has 1 atom stereocenters. The molecule has 1 N–H and O–H groups in total. The average Bonchev–Trinajstić information content (AvgIpc) is 2.78. The molecule has 0 radical (unpaired) electrons. The van der Waals surface area contributed by atoms with Gasteiger partial charge in [-0.1, -0.05) is 26.0 Å². The number of aldehydes is 1. The molecule has 4 rings (SSSR count). The van der Waals surface area contributed by atoms with Crippen molar-refractivity contribution < 1.29 is 23.1 Å². The Kier molecular flexibility index (Phi) is 7.26. The predicted molar refractivity (Wildman–Crippen MR) is 131 cm³/mol. The summed E-state index contributed by atoms with van der Waals surface area (Å²) >= 11 is 0. The summed E-state index contributed by atoms with van der Waals surface area (Å²) < 4.78 is 33.2. The minimum absolute atomic E-state index is 0.0255. The second-order valence-electron chi connectivity index (χ2n) is 11.2. The zero-order valence-corrected chi connectivity index (χ0v) is 21.3. The number of halogens is 2. The van der Waals surface area contributed by atoms with Crippen LogP contribution in [0.15, 0.2) is 30.0 Å². The minimum Gasteiger partial charge on any atom is -0.496 e. The number of hydrogen-bond donors (Lipinski definition) is 1. The average molecular weight is 489 g/mol. The molecule has 192 valence electrons. The first-order valence-electron chi connectivity index (χ1n) is 12.9. The molecule has 7 heteroatoms. The van der Waals surface area contributed by atoms with Crippen LogP contribution in [0.4, 0.5) is 13.6 Å². The summed E-state index contributed by atoms with van der Waals surface area (Å²) in [5, 5.41) is 3.22. The molecular weight excluding hydrogens is 450 g/mol. The Balaban J connectivity index is 1.67. The lowest BCUT2D eigenvalue weighted by Gasteiger charge is -2.49. The fourth-order valence-corrected chi connectivity index (χ4v) is 5.75. The molecule has 1 aromatic rings. The number of aryl methyl sites for hydroxylation is 1. The normalized spacial score (nSPS) is 28.8. The second-order valence-corrected chi connectivity index (χ2v) is 11.2. The SMILES string of the molecule is COc1cc([C@]2(C)NC(=O)N(C3CCC(F)(F)CC3)C=C2C2CC(C=O)C2)ccc1CCC(C)C. The van der Waals surface area contributed by atoms with Crippen LogP contribution in [0.5, 0.6) is 5.75 Å². The van der Waals surface area contributed by atoms with E-state index in [1.807, 2.05) is 19.2 Å². The molecule has 0 unspecified atom stereocenters. The molecule has 5 nitrogen and oxygen atoms in total. The van der Waals surface area contributed by atoms with Crippen LogP contribution in [-0.4, -0.2) is 36.3 Å². The summed E-state index contributed by atoms with van der Waals surface area (Å²) in [6.45, 7) is 6.39. The minimum atomic E-state index is -2.65. The molecule has 35 heavy (non-hydrogen) atoms. The van der Waals surface area contributed by atoms with Crippen molar-refractivity contribution in [3.05, 3.63) is 41.1 Å². The van der Waals surface area contributed by atoms with Crippen molar-refractivity contribution in [1.29, 1.82) is 0 Å². The smallest absolute Gasteiger partial charge is 0.322 e. The van der Waals surface area contributed by atoms with E-state index in [0.29, 0.717) is 5.92 Å². The van der Waals surface area contributed by atoms with Crippen molar-refractivity contribution in [2.75, 3.05) is 7.11 Å². The highest BCUT2D eigenvalue weighted by Crippen LogP contribution is 2.48. The Morgan fingerprint density at radius 3 is 2.51 bits per heavy atom. The van der Waals surface area contributed by atoms with E-state index in [-0.39, 0.29) is 49.6 Å². The Labute approximate surface area is 207 Å². The molecule has 1 aromatic carbocycles. The number of alkyl halides is 2. The van der Waals surface area contributed by atoms with E-state index in [1.165, 1.54) is 0 Å². The first-order chi connectivity index (χ1) is 16.6. The molecule has 0 aromatic heterocycles. The van der Waals surface area contributed by atoms with Gasteiger partial charge in [-0.2, -0.15) is 0 Å². The van der Waals surface area contributed by atoms with Gasteiger partial charge in [-0.25, -0.2) is 13.6 Å². The largest absolute Gasteiger partial charge is 0.496 e. The molecule has 0 bridgehead atoms. The number of nitrogens with one attached hydrogen (secondary N) is 1. The molecule has 2 fully saturated rings. The summed E-state index contributed by atoms with van der Waals surface area (Å²) in [6, 6.07) is 5.63. The van der Waals surface area contributed by atoms with Crippen LogP contribution in [0.3, 0.4) is 0 Å². The third-order valence-electron chi connectivity index (χ3n) is 8.19. The second kappa shape index (κ2) is 9.90. The van der Waals surface area contributed by atoms with E-state index in [4.69, 9.17) is 4.74 Å². The molecule has 1 heterocycles. The maximum atomic E-state index is 13.8. The van der Waals surface area contributed by atoms with E-state index < -0.39 is 11.5 Å². The van der Waals surface area contributed by atoms with Crippen molar-refractivity contribution in [3.63, 3.8) is 0 Å². The van der Waals surface area contributed by atoms with Crippen LogP contribution in [0.2, 0.25) is 0 Å². The van der Waals surface area contributed by atoms with Crippen molar-refractivity contribution in [1.82, 2.24) is 10.2 Å². The third kappa shape index (κ3) is 5.24. The van der Waals surface area contributed by atoms with E-state index in [1.54, 1.807) is 12.0 Å². The zero-order chi connectivity index (χ0) is 25.4. The van der Waals surface area contributed by atoms with Crippen LogP contribution in [-0.2, 0) is 16.8 Å². The van der Waals surface area contributed by atoms with Gasteiger partial charge in [-0.3, -0.25) is 4.90 Å². The molecule has 3 aliphatic rings. The standard InChI is InChI=1S/C28H38F2N2O3/c1-18(2)5-6-20-7-8-22(15-25(20)35-4)27(3)24(21-13-19(14-21)17-33)16-32(26(34)31-27)23-9-11-28(29,30)12-10-23/h7-8,15-19,21,23H,5-6,9-14H2,1-4H3,(H,31,34)/t19?,21?,27-/m0/s1. The first kappa shape index (κ1) is 25.6. The number of hydrogen-bond acceptors (Lipinski definition) is 3. The van der Waals surface area contributed by atoms with Crippen LogP contribution in [0.1, 0.15) is 76.8 Å². The van der Waals surface area contributed by atoms with Crippen LogP contribution in [0.25, 0.3) is 0 Å². The number of methoxy groups -OCH3 is 1. The number of carbonyl (C=O) groups is 2. The van der Waals surface area contributed by atoms with Gasteiger partial charge in [0.2, 0.25) is 5.92 Å². The summed E-state index contributed by atoms with van der Waals surface area (Å²) in [5.74, 6) is -1.09. The van der Waals surface area contributed by atoms with Gasteiger partial charge in [0.05, 0.1) is 12.6 Å². The number of benzene rings is 1. The Morgan fingerprint density at radius 1 is 1.23 bits per heavy atom. The number of nitrogens with zero attached hydrogens (tertiary/aromatic N) is 1. The Morgan fingerprint density at radius 2 is 1.91 bits per heavy atom. The molecule has 2 amide bonds. The van der Waals surface area contributed by atoms with Crippen molar-refractivity contribution in [2.45, 2.75) is 89.6 Å². The van der Waals surface area contributed by atoms with Gasteiger partial charge in [-0.05, 0) is 80.1 Å². The van der Waals surface area contributed by atoms with E-state index in [9.17, 15) is 18.4 Å². The van der Waals surface area contributed by atoms with E-state index in [2.05, 4.69) is 31.3 Å². The Bertz CT molecular complexity index is 976. The quantitative estimate of drug-likeness (QED) is 0.443. The fourth-order valence-electron chi connectivity index (χ4n) is 5.75. The van der Waals surface area contributed by atoms with Crippen molar-refractivity contribution >= 4 is 12.3 Å². The monoisotopic (exact) mass is 488 g/mol. The summed E-state index contributed by atoms with van der Waals surface area (Å²) in [4.78, 5) is 26.3. The molecule has 2 aliphatic carbocycles. The first-order valence-corrected chi connectivity index (χ1v) is 12.9. The van der Waals surface area contributed by atoms with Crippen molar-refractivity contribution in [2.24, 2.45) is 17.8 Å². The highest BCUT2D eigenvalue weighted by molar-refractivity contribution is 5.80. The van der Waals surface area contributed by atoms with Gasteiger partial charge in [0.1, 0.15) is 12.0 Å². The van der Waals surface area contributed by atoms with Gasteiger partial charge in [0.15, 0.2) is 0 Å². The number of urea groups is 1. The van der Waals surface area contributed by atoms with Gasteiger partial charge < -0.3 is 14.8 Å². The zero-order valence-electron chi connectivity index (χ0n) is 21.3. The van der Waals surface area contributed by atoms with Gasteiger partial charge in [0.25, 0.3) is 0 Å². The highest BCUT2D eigenvalue weighted by Gasteiger charge is 2.47. The topological polar surface area (TPSA) is 58.6 Å². The molecule has 2 saturated carbocycles. The lowest BCUT2D eigenvalue weighted by Crippen LogP contribution is -2.58. The maximum absolute atomic E-state index is 13.8. The van der Waals surface area contributed by atoms with Gasteiger partial charge >= 0.3 is 6.03 Å². The summed E-state index contributed by atoms with van der Waals surface area (Å²) in [6.07, 6.45) is 6.50. The molecule has 0 saturated heterocycles. The number of carbonyl (C=O) groups excluding carboxylic acids is 2. The van der Waals surface area contributed by atoms with Crippen LogP contribution in [0, 0.1) is 17.8 Å². The van der Waals surface area contributed by atoms with E-state index >= 15 is 0 Å². The third-order valence-corrected chi connectivity index (χ3v) is 8.19. The molecule has 0 spiro atoms.